The normalized spacial score (nSPS) is 26.5. The van der Waals surface area contributed by atoms with Crippen molar-refractivity contribution in [2.75, 3.05) is 13.7 Å². The number of hydrogen-bond acceptors (Lipinski definition) is 6. The number of carbonyl (C=O) groups is 2. The summed E-state index contributed by atoms with van der Waals surface area (Å²) in [7, 11) is -0.259. The van der Waals surface area contributed by atoms with E-state index in [2.05, 4.69) is 45.6 Å². The highest BCUT2D eigenvalue weighted by molar-refractivity contribution is 6.69. The fourth-order valence-electron chi connectivity index (χ4n) is 5.84. The molecule has 2 rings (SSSR count). The van der Waals surface area contributed by atoms with E-state index < -0.39 is 13.9 Å². The maximum absolute atomic E-state index is 13.4. The van der Waals surface area contributed by atoms with Crippen molar-refractivity contribution in [1.82, 2.24) is 0 Å². The summed E-state index contributed by atoms with van der Waals surface area (Å²) < 4.78 is 24.0. The van der Waals surface area contributed by atoms with Crippen LogP contribution in [0, 0.1) is 5.92 Å². The number of carbonyl (C=O) groups excluding carboxylic acids is 2. The van der Waals surface area contributed by atoms with Gasteiger partial charge in [0.2, 0.25) is 0 Å². The first-order chi connectivity index (χ1) is 17.5. The maximum Gasteiger partial charge on any atom is 0.305 e. The number of ketones is 1. The Morgan fingerprint density at radius 1 is 1.14 bits per heavy atom. The first-order valence-electron chi connectivity index (χ1n) is 14.8. The quantitative estimate of drug-likeness (QED) is 0.0826. The number of esters is 1. The van der Waals surface area contributed by atoms with Gasteiger partial charge in [0.25, 0.3) is 0 Å². The van der Waals surface area contributed by atoms with Crippen molar-refractivity contribution >= 4 is 20.1 Å². The number of ether oxygens (including phenoxy) is 3. The maximum atomic E-state index is 13.4. The molecule has 7 heteroatoms. The van der Waals surface area contributed by atoms with Crippen LogP contribution in [0.5, 0.6) is 0 Å². The van der Waals surface area contributed by atoms with Crippen molar-refractivity contribution in [3.8, 4) is 0 Å². The summed E-state index contributed by atoms with van der Waals surface area (Å²) in [6.45, 7) is 11.9. The average molecular weight is 539 g/mol. The standard InChI is InChI=1S/C30H54O6Si/c1-7-8-21-29(2,36-37(4,5)6)22-15-16-25-19-20-26(31)30(25,35-28-18-12-14-24-34-28)23-13-10-9-11-17-27(32)33-3/h15-16,25,28H,7-14,17-24H2,1-6H3/t25?,28?,29-,30?/m0/s1. The number of hydrogen-bond donors (Lipinski definition) is 0. The zero-order chi connectivity index (χ0) is 27.4. The Kier molecular flexibility index (Phi) is 13.5. The zero-order valence-corrected chi connectivity index (χ0v) is 25.6. The average Bonchev–Trinajstić information content (AvgIpc) is 3.14. The summed E-state index contributed by atoms with van der Waals surface area (Å²) in [6, 6.07) is 0. The molecule has 3 unspecified atom stereocenters. The molecular weight excluding hydrogens is 484 g/mol. The van der Waals surface area contributed by atoms with Crippen molar-refractivity contribution in [1.29, 1.82) is 0 Å². The van der Waals surface area contributed by atoms with Crippen LogP contribution in [0.4, 0.5) is 0 Å². The molecule has 1 saturated heterocycles. The van der Waals surface area contributed by atoms with Gasteiger partial charge in [-0.2, -0.15) is 0 Å². The number of unbranched alkanes of at least 4 members (excludes halogenated alkanes) is 4. The SMILES string of the molecule is CCCC[C@@](C)(CC=CC1CCC(=O)C1(CCCCCCC(=O)OC)OC1CCCCO1)O[Si](C)(C)C. The Morgan fingerprint density at radius 3 is 2.54 bits per heavy atom. The van der Waals surface area contributed by atoms with Gasteiger partial charge in [-0.3, -0.25) is 9.59 Å². The summed E-state index contributed by atoms with van der Waals surface area (Å²) in [6.07, 6.45) is 17.6. The molecule has 6 nitrogen and oxygen atoms in total. The van der Waals surface area contributed by atoms with Gasteiger partial charge < -0.3 is 18.6 Å². The van der Waals surface area contributed by atoms with Gasteiger partial charge in [-0.1, -0.05) is 51.2 Å². The van der Waals surface area contributed by atoms with Crippen molar-refractivity contribution in [2.45, 2.75) is 147 Å². The summed E-state index contributed by atoms with van der Waals surface area (Å²) >= 11 is 0. The van der Waals surface area contributed by atoms with Crippen LogP contribution in [0.3, 0.4) is 0 Å². The van der Waals surface area contributed by atoms with E-state index in [4.69, 9.17) is 18.6 Å². The predicted molar refractivity (Wildman–Crippen MR) is 151 cm³/mol. The molecule has 0 spiro atoms. The second kappa shape index (κ2) is 15.5. The highest BCUT2D eigenvalue weighted by Crippen LogP contribution is 2.43. The predicted octanol–water partition coefficient (Wildman–Crippen LogP) is 7.51. The third kappa shape index (κ3) is 10.9. The lowest BCUT2D eigenvalue weighted by molar-refractivity contribution is -0.228. The topological polar surface area (TPSA) is 71.1 Å². The van der Waals surface area contributed by atoms with E-state index >= 15 is 0 Å². The second-order valence-electron chi connectivity index (χ2n) is 12.3. The van der Waals surface area contributed by atoms with Gasteiger partial charge in [0.05, 0.1) is 12.7 Å². The largest absolute Gasteiger partial charge is 0.469 e. The Hall–Kier alpha value is -1.02. The minimum Gasteiger partial charge on any atom is -0.469 e. The minimum absolute atomic E-state index is 0.0582. The van der Waals surface area contributed by atoms with Crippen molar-refractivity contribution in [3.05, 3.63) is 12.2 Å². The highest BCUT2D eigenvalue weighted by Gasteiger charge is 2.51. The number of Topliss-reactive ketones (excluding diaryl/α,β-unsaturated/α-hetero) is 1. The molecule has 0 aromatic carbocycles. The van der Waals surface area contributed by atoms with Gasteiger partial charge in [0.15, 0.2) is 20.4 Å². The van der Waals surface area contributed by atoms with Crippen molar-refractivity contribution in [2.24, 2.45) is 5.92 Å². The molecule has 0 N–H and O–H groups in total. The van der Waals surface area contributed by atoms with E-state index in [-0.39, 0.29) is 29.6 Å². The molecule has 2 fully saturated rings. The first-order valence-corrected chi connectivity index (χ1v) is 18.2. The van der Waals surface area contributed by atoms with E-state index in [1.807, 2.05) is 0 Å². The number of methoxy groups -OCH3 is 1. The van der Waals surface area contributed by atoms with E-state index in [1.165, 1.54) is 7.11 Å². The Labute approximate surface area is 227 Å². The molecule has 0 radical (unpaired) electrons. The minimum atomic E-state index is -1.69. The van der Waals surface area contributed by atoms with Gasteiger partial charge in [-0.25, -0.2) is 0 Å². The summed E-state index contributed by atoms with van der Waals surface area (Å²) in [5, 5.41) is 0. The first kappa shape index (κ1) is 32.2. The molecule has 1 aliphatic carbocycles. The van der Waals surface area contributed by atoms with Crippen LogP contribution in [0.1, 0.15) is 110 Å². The number of rotatable bonds is 17. The van der Waals surface area contributed by atoms with Crippen LogP contribution in [0.2, 0.25) is 19.6 Å². The zero-order valence-electron chi connectivity index (χ0n) is 24.6. The van der Waals surface area contributed by atoms with Crippen LogP contribution >= 0.6 is 0 Å². The monoisotopic (exact) mass is 538 g/mol. The van der Waals surface area contributed by atoms with E-state index in [0.717, 1.165) is 77.0 Å². The molecule has 37 heavy (non-hydrogen) atoms. The molecule has 4 atom stereocenters. The summed E-state index contributed by atoms with van der Waals surface area (Å²) in [5.74, 6) is 0.121. The lowest BCUT2D eigenvalue weighted by Gasteiger charge is -2.38. The Balaban J connectivity index is 2.11. The van der Waals surface area contributed by atoms with E-state index in [9.17, 15) is 9.59 Å². The van der Waals surface area contributed by atoms with Crippen LogP contribution < -0.4 is 0 Å². The van der Waals surface area contributed by atoms with Crippen molar-refractivity contribution < 1.29 is 28.2 Å². The lowest BCUT2D eigenvalue weighted by atomic mass is 9.83. The molecule has 0 aromatic rings. The van der Waals surface area contributed by atoms with Gasteiger partial charge in [0, 0.05) is 25.4 Å². The third-order valence-electron chi connectivity index (χ3n) is 7.67. The molecule has 1 heterocycles. The van der Waals surface area contributed by atoms with Crippen LogP contribution in [0.15, 0.2) is 12.2 Å². The van der Waals surface area contributed by atoms with Crippen molar-refractivity contribution in [3.63, 3.8) is 0 Å². The molecule has 0 aromatic heterocycles. The smallest absolute Gasteiger partial charge is 0.305 e. The third-order valence-corrected chi connectivity index (χ3v) is 8.77. The van der Waals surface area contributed by atoms with Gasteiger partial charge in [-0.15, -0.1) is 0 Å². The van der Waals surface area contributed by atoms with E-state index in [1.54, 1.807) is 0 Å². The van der Waals surface area contributed by atoms with Crippen LogP contribution in [-0.4, -0.2) is 51.3 Å². The van der Waals surface area contributed by atoms with Gasteiger partial charge in [-0.05, 0) is 77.9 Å². The fourth-order valence-corrected chi connectivity index (χ4v) is 7.51. The Bertz CT molecular complexity index is 726. The molecular formula is C30H54O6Si. The summed E-state index contributed by atoms with van der Waals surface area (Å²) in [4.78, 5) is 24.8. The molecule has 0 amide bonds. The van der Waals surface area contributed by atoms with Crippen LogP contribution in [-0.2, 0) is 28.2 Å². The van der Waals surface area contributed by atoms with Gasteiger partial charge in [0.1, 0.15) is 5.60 Å². The second-order valence-corrected chi connectivity index (χ2v) is 16.7. The highest BCUT2D eigenvalue weighted by atomic mass is 28.4. The fraction of sp³-hybridized carbons (Fsp3) is 0.867. The van der Waals surface area contributed by atoms with E-state index in [0.29, 0.717) is 25.9 Å². The van der Waals surface area contributed by atoms with Gasteiger partial charge >= 0.3 is 5.97 Å². The molecule has 2 aliphatic rings. The van der Waals surface area contributed by atoms with Crippen LogP contribution in [0.25, 0.3) is 0 Å². The summed E-state index contributed by atoms with van der Waals surface area (Å²) in [5.41, 5.74) is -0.977. The lowest BCUT2D eigenvalue weighted by Crippen LogP contribution is -2.47. The molecule has 1 aliphatic heterocycles. The Morgan fingerprint density at radius 2 is 1.89 bits per heavy atom. The molecule has 1 saturated carbocycles. The molecule has 214 valence electrons. The molecule has 0 bridgehead atoms.